The first-order valence-electron chi connectivity index (χ1n) is 12.7. The molecule has 1 atom stereocenters. The summed E-state index contributed by atoms with van der Waals surface area (Å²) in [6.45, 7) is 4.60. The number of anilines is 1. The van der Waals surface area contributed by atoms with Gasteiger partial charge in [0.1, 0.15) is 11.9 Å². The van der Waals surface area contributed by atoms with Crippen LogP contribution in [0.25, 0.3) is 0 Å². The fourth-order valence-corrected chi connectivity index (χ4v) is 5.75. The molecule has 1 unspecified atom stereocenters. The van der Waals surface area contributed by atoms with Crippen molar-refractivity contribution in [3.8, 4) is 0 Å². The van der Waals surface area contributed by atoms with Crippen molar-refractivity contribution >= 4 is 46.7 Å². The Bertz CT molecular complexity index is 1500. The fourth-order valence-electron chi connectivity index (χ4n) is 4.89. The number of carboxylic acid groups (broad SMARTS) is 1. The van der Waals surface area contributed by atoms with Crippen LogP contribution in [0.15, 0.2) is 52.2 Å². The van der Waals surface area contributed by atoms with Crippen LogP contribution >= 0.6 is 22.9 Å². The predicted molar refractivity (Wildman–Crippen MR) is 148 cm³/mol. The first kappa shape index (κ1) is 27.7. The van der Waals surface area contributed by atoms with Crippen molar-refractivity contribution in [2.75, 3.05) is 24.6 Å². The topological polar surface area (TPSA) is 130 Å². The second-order valence-electron chi connectivity index (χ2n) is 9.32. The Kier molecular flexibility index (Phi) is 8.08. The maximum absolute atomic E-state index is 13.9. The number of halogens is 2. The lowest BCUT2D eigenvalue weighted by molar-refractivity contribution is -0.139. The zero-order valence-electron chi connectivity index (χ0n) is 21.7. The molecule has 208 valence electrons. The van der Waals surface area contributed by atoms with Gasteiger partial charge in [0, 0.05) is 58.6 Å². The van der Waals surface area contributed by atoms with E-state index in [0.717, 1.165) is 0 Å². The van der Waals surface area contributed by atoms with Gasteiger partial charge in [-0.3, -0.25) is 4.99 Å². The third-order valence-corrected chi connectivity index (χ3v) is 7.92. The third kappa shape index (κ3) is 5.54. The number of carbonyl (C=O) groups is 2. The van der Waals surface area contributed by atoms with Gasteiger partial charge in [0.15, 0.2) is 16.5 Å². The van der Waals surface area contributed by atoms with Gasteiger partial charge >= 0.3 is 11.9 Å². The van der Waals surface area contributed by atoms with E-state index in [1.165, 1.54) is 35.7 Å². The van der Waals surface area contributed by atoms with Crippen LogP contribution in [-0.4, -0.2) is 57.5 Å². The number of esters is 1. The second-order valence-corrected chi connectivity index (χ2v) is 10.6. The molecule has 40 heavy (non-hydrogen) atoms. The first-order chi connectivity index (χ1) is 19.3. The van der Waals surface area contributed by atoms with Crippen LogP contribution in [0.5, 0.6) is 0 Å². The quantitative estimate of drug-likeness (QED) is 0.384. The van der Waals surface area contributed by atoms with Gasteiger partial charge in [-0.25, -0.2) is 28.9 Å². The van der Waals surface area contributed by atoms with Crippen molar-refractivity contribution in [1.82, 2.24) is 20.3 Å². The Hall–Kier alpha value is -3.90. The molecule has 0 aliphatic carbocycles. The number of thiazole rings is 1. The van der Waals surface area contributed by atoms with Crippen LogP contribution in [0.3, 0.4) is 0 Å². The van der Waals surface area contributed by atoms with Crippen LogP contribution in [0, 0.1) is 18.7 Å². The number of nitrogens with zero attached hydrogens (tertiary/aromatic N) is 5. The summed E-state index contributed by atoms with van der Waals surface area (Å²) < 4.78 is 19.4. The monoisotopic (exact) mass is 584 g/mol. The van der Waals surface area contributed by atoms with Crippen molar-refractivity contribution in [1.29, 1.82) is 0 Å². The zero-order chi connectivity index (χ0) is 28.4. The predicted octanol–water partition coefficient (Wildman–Crippen LogP) is 4.56. The average molecular weight is 585 g/mol. The number of rotatable bonds is 7. The molecule has 2 aliphatic rings. The number of hydrogen-bond acceptors (Lipinski definition) is 10. The van der Waals surface area contributed by atoms with E-state index in [9.17, 15) is 19.1 Å². The van der Waals surface area contributed by atoms with Crippen molar-refractivity contribution in [3.05, 3.63) is 79.9 Å². The van der Waals surface area contributed by atoms with E-state index >= 15 is 0 Å². The highest BCUT2D eigenvalue weighted by Crippen LogP contribution is 2.40. The molecule has 10 nitrogen and oxygen atoms in total. The molecule has 5 rings (SSSR count). The molecule has 1 fully saturated rings. The van der Waals surface area contributed by atoms with E-state index in [-0.39, 0.29) is 23.2 Å². The van der Waals surface area contributed by atoms with Gasteiger partial charge in [-0.05, 0) is 38.8 Å². The molecule has 2 N–H and O–H groups in total. The summed E-state index contributed by atoms with van der Waals surface area (Å²) in [4.78, 5) is 44.7. The third-order valence-electron chi connectivity index (χ3n) is 6.81. The summed E-state index contributed by atoms with van der Waals surface area (Å²) in [5, 5.41) is 15.4. The number of aromatic carboxylic acids is 1. The normalized spacial score (nSPS) is 17.9. The van der Waals surface area contributed by atoms with E-state index in [0.29, 0.717) is 65.1 Å². The maximum Gasteiger partial charge on any atom is 0.354 e. The van der Waals surface area contributed by atoms with Crippen LogP contribution in [0.4, 0.5) is 10.3 Å². The summed E-state index contributed by atoms with van der Waals surface area (Å²) in [6, 6.07) is 3.19. The maximum atomic E-state index is 13.9. The smallest absolute Gasteiger partial charge is 0.354 e. The molecular weight excluding hydrogens is 559 g/mol. The number of nitrogens with one attached hydrogen (secondary N) is 1. The van der Waals surface area contributed by atoms with E-state index in [1.807, 2.05) is 10.3 Å². The highest BCUT2D eigenvalue weighted by atomic mass is 35.5. The number of hydrogen-bond donors (Lipinski definition) is 2. The molecule has 2 aromatic heterocycles. The fraction of sp³-hybridized carbons (Fsp3) is 0.333. The van der Waals surface area contributed by atoms with E-state index in [1.54, 1.807) is 20.0 Å². The largest absolute Gasteiger partial charge is 0.476 e. The molecule has 13 heteroatoms. The minimum atomic E-state index is -1.11. The Morgan fingerprint density at radius 2 is 2.05 bits per heavy atom. The minimum Gasteiger partial charge on any atom is -0.476 e. The van der Waals surface area contributed by atoms with Gasteiger partial charge in [-0.1, -0.05) is 17.7 Å². The van der Waals surface area contributed by atoms with Gasteiger partial charge < -0.3 is 20.1 Å². The Morgan fingerprint density at radius 1 is 1.27 bits per heavy atom. The van der Waals surface area contributed by atoms with Gasteiger partial charge in [0.2, 0.25) is 5.95 Å². The van der Waals surface area contributed by atoms with Gasteiger partial charge in [0.05, 0.1) is 12.2 Å². The lowest BCUT2D eigenvalue weighted by Gasteiger charge is -2.36. The van der Waals surface area contributed by atoms with Gasteiger partial charge in [0.25, 0.3) is 0 Å². The summed E-state index contributed by atoms with van der Waals surface area (Å²) in [6.07, 6.45) is 4.40. The summed E-state index contributed by atoms with van der Waals surface area (Å²) in [5.41, 5.74) is 1.90. The van der Waals surface area contributed by atoms with Crippen LogP contribution in [0.2, 0.25) is 5.02 Å². The van der Waals surface area contributed by atoms with E-state index < -0.39 is 23.8 Å². The molecule has 3 aromatic rings. The standard InChI is InChI=1S/C27H26ClFN6O4S/c1-3-39-26(38)19-21(15-6-9-35(10-7-15)27-31-13-14(2)20(34-27)25(36)37)32-23(24-30-8-11-40-24)33-22(19)17-5-4-16(29)12-18(17)28/h4-5,8,11-13,15,22H,3,6-7,9-10H2,1-2H3,(H,32,33)(H,36,37). The molecular formula is C27H26ClFN6O4S. The number of aromatic nitrogens is 3. The number of aryl methyl sites for hydroxylation is 1. The van der Waals surface area contributed by atoms with E-state index in [4.69, 9.17) is 21.3 Å². The van der Waals surface area contributed by atoms with Crippen LogP contribution < -0.4 is 10.2 Å². The number of allylic oxidation sites excluding steroid dienone is 1. The van der Waals surface area contributed by atoms with Crippen molar-refractivity contribution in [2.45, 2.75) is 32.7 Å². The van der Waals surface area contributed by atoms with Crippen LogP contribution in [-0.2, 0) is 9.53 Å². The number of aliphatic imine (C=N–C) groups is 1. The molecule has 2 aliphatic heterocycles. The SMILES string of the molecule is CCOC(=O)C1=C(C2CCN(c3ncc(C)c(C(=O)O)n3)CC2)NC(c2nccs2)=NC1c1ccc(F)cc1Cl. The number of benzene rings is 1. The molecule has 1 aromatic carbocycles. The molecule has 0 amide bonds. The molecule has 4 heterocycles. The minimum absolute atomic E-state index is 0.0308. The first-order valence-corrected chi connectivity index (χ1v) is 13.9. The van der Waals surface area contributed by atoms with E-state index in [2.05, 4.69) is 20.3 Å². The average Bonchev–Trinajstić information content (AvgIpc) is 3.48. The summed E-state index contributed by atoms with van der Waals surface area (Å²) in [5.74, 6) is -1.41. The van der Waals surface area contributed by atoms with Crippen molar-refractivity contribution in [2.24, 2.45) is 10.9 Å². The lowest BCUT2D eigenvalue weighted by atomic mass is 9.85. The Labute approximate surface area is 238 Å². The van der Waals surface area contributed by atoms with Crippen LogP contribution in [0.1, 0.15) is 52.4 Å². The summed E-state index contributed by atoms with van der Waals surface area (Å²) in [7, 11) is 0. The Morgan fingerprint density at radius 3 is 2.70 bits per heavy atom. The number of carbonyl (C=O) groups excluding carboxylic acids is 1. The lowest BCUT2D eigenvalue weighted by Crippen LogP contribution is -2.42. The highest BCUT2D eigenvalue weighted by molar-refractivity contribution is 7.11. The second kappa shape index (κ2) is 11.7. The summed E-state index contributed by atoms with van der Waals surface area (Å²) >= 11 is 7.86. The molecule has 0 spiro atoms. The molecule has 0 radical (unpaired) electrons. The zero-order valence-corrected chi connectivity index (χ0v) is 23.3. The van der Waals surface area contributed by atoms with Gasteiger partial charge in [-0.15, -0.1) is 11.3 Å². The van der Waals surface area contributed by atoms with Crippen molar-refractivity contribution < 1.29 is 23.8 Å². The Balaban J connectivity index is 1.52. The molecule has 0 saturated carbocycles. The van der Waals surface area contributed by atoms with Gasteiger partial charge in [-0.2, -0.15) is 0 Å². The van der Waals surface area contributed by atoms with Crippen molar-refractivity contribution in [3.63, 3.8) is 0 Å². The number of carboxylic acids is 1. The molecule has 0 bridgehead atoms. The number of piperidine rings is 1. The number of ether oxygens (including phenoxy) is 1. The molecule has 1 saturated heterocycles. The number of amidine groups is 1. The highest BCUT2D eigenvalue weighted by Gasteiger charge is 2.38.